The monoisotopic (exact) mass is 268 g/mol. The van der Waals surface area contributed by atoms with E-state index in [1.54, 1.807) is 18.3 Å². The molecule has 92 valence electrons. The third-order valence-corrected chi connectivity index (χ3v) is 4.54. The molecule has 1 aromatic heterocycles. The molecule has 17 heavy (non-hydrogen) atoms. The first kappa shape index (κ1) is 12.5. The number of nitrogens with two attached hydrogens (primary N) is 1. The normalized spacial score (nSPS) is 20.4. The van der Waals surface area contributed by atoms with Gasteiger partial charge in [0.1, 0.15) is 0 Å². The number of hydrogen-bond donors (Lipinski definition) is 2. The lowest BCUT2D eigenvalue weighted by Crippen LogP contribution is -2.38. The fraction of sp³-hybridized carbons (Fsp3) is 0.500. The van der Waals surface area contributed by atoms with Gasteiger partial charge in [0.15, 0.2) is 0 Å². The van der Waals surface area contributed by atoms with Crippen molar-refractivity contribution in [2.45, 2.75) is 32.2 Å². The number of nitrogens with one attached hydrogen (secondary N) is 1. The smallest absolute Gasteiger partial charge is 0.230 e. The van der Waals surface area contributed by atoms with E-state index in [1.807, 2.05) is 0 Å². The summed E-state index contributed by atoms with van der Waals surface area (Å²) in [6, 6.07) is 2.24. The van der Waals surface area contributed by atoms with Crippen LogP contribution in [0.15, 0.2) is 11.4 Å². The Hall–Kier alpha value is -0.940. The Morgan fingerprint density at radius 1 is 1.71 bits per heavy atom. The van der Waals surface area contributed by atoms with E-state index in [1.165, 1.54) is 10.4 Å². The van der Waals surface area contributed by atoms with E-state index in [-0.39, 0.29) is 16.9 Å². The molecule has 1 amide bonds. The number of fused-ring (bicyclic) bond motifs is 1. The van der Waals surface area contributed by atoms with Gasteiger partial charge in [-0.1, -0.05) is 12.2 Å². The van der Waals surface area contributed by atoms with Crippen molar-refractivity contribution in [3.63, 3.8) is 0 Å². The molecule has 0 fully saturated rings. The van der Waals surface area contributed by atoms with Crippen molar-refractivity contribution in [3.8, 4) is 0 Å². The van der Waals surface area contributed by atoms with Crippen LogP contribution in [0.3, 0.4) is 0 Å². The average molecular weight is 268 g/mol. The van der Waals surface area contributed by atoms with Crippen molar-refractivity contribution in [2.24, 2.45) is 11.7 Å². The Kier molecular flexibility index (Phi) is 3.79. The molecule has 5 heteroatoms. The average Bonchev–Trinajstić information content (AvgIpc) is 2.76. The topological polar surface area (TPSA) is 55.1 Å². The summed E-state index contributed by atoms with van der Waals surface area (Å²) < 4.78 is 0. The molecule has 3 N–H and O–H groups in total. The van der Waals surface area contributed by atoms with Crippen LogP contribution in [-0.2, 0) is 11.2 Å². The number of carbonyl (C=O) groups excluding carboxylic acids is 1. The summed E-state index contributed by atoms with van der Waals surface area (Å²) in [5.74, 6) is -0.462. The third-order valence-electron chi connectivity index (χ3n) is 3.19. The molecule has 0 saturated heterocycles. The summed E-state index contributed by atoms with van der Waals surface area (Å²) in [4.78, 5) is 13.6. The van der Waals surface area contributed by atoms with Gasteiger partial charge in [0.25, 0.3) is 0 Å². The van der Waals surface area contributed by atoms with Gasteiger partial charge in [0.2, 0.25) is 5.91 Å². The molecule has 2 rings (SSSR count). The van der Waals surface area contributed by atoms with Gasteiger partial charge in [0, 0.05) is 4.88 Å². The minimum atomic E-state index is -0.394. The number of amides is 1. The second kappa shape index (κ2) is 5.14. The van der Waals surface area contributed by atoms with Gasteiger partial charge < -0.3 is 11.1 Å². The summed E-state index contributed by atoms with van der Waals surface area (Å²) in [5.41, 5.74) is 6.76. The van der Waals surface area contributed by atoms with Crippen LogP contribution in [0, 0.1) is 5.92 Å². The lowest BCUT2D eigenvalue weighted by Gasteiger charge is -2.25. The number of thiocarbonyl (C=S) groups is 1. The molecule has 0 spiro atoms. The van der Waals surface area contributed by atoms with E-state index >= 15 is 0 Å². The zero-order chi connectivity index (χ0) is 12.4. The molecular weight excluding hydrogens is 252 g/mol. The third kappa shape index (κ3) is 2.66. The number of hydrogen-bond acceptors (Lipinski definition) is 3. The van der Waals surface area contributed by atoms with Gasteiger partial charge in [-0.05, 0) is 43.2 Å². The molecule has 0 radical (unpaired) electrons. The van der Waals surface area contributed by atoms with Crippen molar-refractivity contribution in [1.29, 1.82) is 0 Å². The number of thiophene rings is 1. The molecule has 3 nitrogen and oxygen atoms in total. The fourth-order valence-electron chi connectivity index (χ4n) is 2.06. The molecule has 0 aliphatic heterocycles. The number of carbonyl (C=O) groups is 1. The highest BCUT2D eigenvalue weighted by atomic mass is 32.1. The van der Waals surface area contributed by atoms with Crippen LogP contribution >= 0.6 is 23.6 Å². The van der Waals surface area contributed by atoms with Gasteiger partial charge in [-0.25, -0.2) is 0 Å². The van der Waals surface area contributed by atoms with Crippen LogP contribution in [0.25, 0.3) is 0 Å². The summed E-state index contributed by atoms with van der Waals surface area (Å²) in [6.07, 6.45) is 3.25. The van der Waals surface area contributed by atoms with E-state index < -0.39 is 5.92 Å². The van der Waals surface area contributed by atoms with Crippen LogP contribution in [-0.4, -0.2) is 10.9 Å². The van der Waals surface area contributed by atoms with E-state index in [0.29, 0.717) is 0 Å². The second-order valence-corrected chi connectivity index (χ2v) is 5.85. The van der Waals surface area contributed by atoms with Crippen LogP contribution in [0.5, 0.6) is 0 Å². The minimum absolute atomic E-state index is 0.0680. The standard InChI is InChI=1S/C12H16N2OS2/c1-7(11(13)16)12(15)14-9-3-2-4-10-8(9)5-6-17-10/h5-7,9H,2-4H2,1H3,(H2,13,16)(H,14,15). The molecular formula is C12H16N2OS2. The maximum Gasteiger partial charge on any atom is 0.230 e. The lowest BCUT2D eigenvalue weighted by atomic mass is 9.93. The van der Waals surface area contributed by atoms with Crippen molar-refractivity contribution in [3.05, 3.63) is 21.9 Å². The first-order valence-corrected chi connectivity index (χ1v) is 7.04. The number of aryl methyl sites for hydroxylation is 1. The molecule has 0 saturated carbocycles. The van der Waals surface area contributed by atoms with Crippen molar-refractivity contribution in [2.75, 3.05) is 0 Å². The van der Waals surface area contributed by atoms with Crippen LogP contribution < -0.4 is 11.1 Å². The maximum absolute atomic E-state index is 11.9. The number of rotatable bonds is 3. The van der Waals surface area contributed by atoms with Crippen molar-refractivity contribution >= 4 is 34.5 Å². The summed E-state index contributed by atoms with van der Waals surface area (Å²) in [6.45, 7) is 1.75. The molecule has 1 aliphatic rings. The predicted molar refractivity (Wildman–Crippen MR) is 74.1 cm³/mol. The summed E-state index contributed by atoms with van der Waals surface area (Å²) in [7, 11) is 0. The Balaban J connectivity index is 2.07. The zero-order valence-corrected chi connectivity index (χ0v) is 11.4. The van der Waals surface area contributed by atoms with E-state index in [2.05, 4.69) is 16.8 Å². The summed E-state index contributed by atoms with van der Waals surface area (Å²) >= 11 is 6.61. The molecule has 0 bridgehead atoms. The SMILES string of the molecule is CC(C(=O)NC1CCCc2sccc21)C(N)=S. The quantitative estimate of drug-likeness (QED) is 0.826. The Morgan fingerprint density at radius 3 is 3.18 bits per heavy atom. The van der Waals surface area contributed by atoms with E-state index in [4.69, 9.17) is 18.0 Å². The van der Waals surface area contributed by atoms with Crippen LogP contribution in [0.1, 0.15) is 36.2 Å². The van der Waals surface area contributed by atoms with Crippen molar-refractivity contribution < 1.29 is 4.79 Å². The Bertz CT molecular complexity index is 441. The first-order valence-electron chi connectivity index (χ1n) is 5.75. The first-order chi connectivity index (χ1) is 8.09. The van der Waals surface area contributed by atoms with Crippen LogP contribution in [0.2, 0.25) is 0 Å². The highest BCUT2D eigenvalue weighted by Crippen LogP contribution is 2.33. The van der Waals surface area contributed by atoms with Gasteiger partial charge in [0.05, 0.1) is 16.9 Å². The van der Waals surface area contributed by atoms with Gasteiger partial charge >= 0.3 is 0 Å². The Morgan fingerprint density at radius 2 is 2.47 bits per heavy atom. The van der Waals surface area contributed by atoms with E-state index in [9.17, 15) is 4.79 Å². The largest absolute Gasteiger partial charge is 0.393 e. The van der Waals surface area contributed by atoms with E-state index in [0.717, 1.165) is 19.3 Å². The molecule has 1 aliphatic carbocycles. The van der Waals surface area contributed by atoms with Gasteiger partial charge in [-0.3, -0.25) is 4.79 Å². The Labute approximate surface area is 110 Å². The fourth-order valence-corrected chi connectivity index (χ4v) is 3.16. The van der Waals surface area contributed by atoms with Crippen molar-refractivity contribution in [1.82, 2.24) is 5.32 Å². The molecule has 2 atom stereocenters. The molecule has 1 aromatic rings. The highest BCUT2D eigenvalue weighted by Gasteiger charge is 2.25. The van der Waals surface area contributed by atoms with Gasteiger partial charge in [-0.2, -0.15) is 0 Å². The van der Waals surface area contributed by atoms with Crippen LogP contribution in [0.4, 0.5) is 0 Å². The maximum atomic E-state index is 11.9. The molecule has 0 aromatic carbocycles. The van der Waals surface area contributed by atoms with Gasteiger partial charge in [-0.15, -0.1) is 11.3 Å². The lowest BCUT2D eigenvalue weighted by molar-refractivity contribution is -0.123. The second-order valence-electron chi connectivity index (χ2n) is 4.38. The molecule has 1 heterocycles. The summed E-state index contributed by atoms with van der Waals surface area (Å²) in [5, 5.41) is 5.13. The highest BCUT2D eigenvalue weighted by molar-refractivity contribution is 7.80. The molecule has 2 unspecified atom stereocenters. The zero-order valence-electron chi connectivity index (χ0n) is 9.73. The minimum Gasteiger partial charge on any atom is -0.393 e. The predicted octanol–water partition coefficient (Wildman–Crippen LogP) is 2.16.